The molecule has 0 amide bonds. The number of aliphatic hydroxyl groups excluding tert-OH is 1. The fourth-order valence-electron chi connectivity index (χ4n) is 5.25. The van der Waals surface area contributed by atoms with Gasteiger partial charge in [-0.05, 0) is 46.3 Å². The van der Waals surface area contributed by atoms with Crippen LogP contribution in [0.4, 0.5) is 0 Å². The van der Waals surface area contributed by atoms with Crippen LogP contribution in [-0.4, -0.2) is 45.5 Å². The zero-order valence-electron chi connectivity index (χ0n) is 24.8. The van der Waals surface area contributed by atoms with Gasteiger partial charge in [-0.15, -0.1) is 6.58 Å². The molecule has 214 valence electrons. The summed E-state index contributed by atoms with van der Waals surface area (Å²) >= 11 is 0. The number of methoxy groups -OCH3 is 1. The third-order valence-corrected chi connectivity index (χ3v) is 12.5. The van der Waals surface area contributed by atoms with Gasteiger partial charge in [-0.25, -0.2) is 0 Å². The normalized spacial score (nSPS) is 14.9. The van der Waals surface area contributed by atoms with Crippen molar-refractivity contribution in [3.63, 3.8) is 0 Å². The van der Waals surface area contributed by atoms with Crippen LogP contribution in [0.15, 0.2) is 115 Å². The summed E-state index contributed by atoms with van der Waals surface area (Å²) in [7, 11) is -0.981. The summed E-state index contributed by atoms with van der Waals surface area (Å²) < 4.78 is 19.6. The van der Waals surface area contributed by atoms with E-state index in [9.17, 15) is 5.11 Å². The lowest BCUT2D eigenvalue weighted by molar-refractivity contribution is -0.0528. The first-order chi connectivity index (χ1) is 19.2. The monoisotopic (exact) mass is 558 g/mol. The molecule has 0 aromatic heterocycles. The van der Waals surface area contributed by atoms with E-state index in [1.54, 1.807) is 13.2 Å². The topological polar surface area (TPSA) is 47.9 Å². The molecule has 0 radical (unpaired) electrons. The number of rotatable bonds is 15. The lowest BCUT2D eigenvalue weighted by Gasteiger charge is -2.43. The summed E-state index contributed by atoms with van der Waals surface area (Å²) in [5.74, 6) is 0. The van der Waals surface area contributed by atoms with Crippen LogP contribution in [0.25, 0.3) is 0 Å². The Morgan fingerprint density at radius 1 is 0.900 bits per heavy atom. The molecule has 0 fully saturated rings. The highest BCUT2D eigenvalue weighted by molar-refractivity contribution is 6.99. The minimum absolute atomic E-state index is 0.109. The van der Waals surface area contributed by atoms with Gasteiger partial charge in [0, 0.05) is 13.7 Å². The Labute approximate surface area is 242 Å². The largest absolute Gasteiger partial charge is 0.407 e. The molecule has 1 N–H and O–H groups in total. The van der Waals surface area contributed by atoms with Crippen LogP contribution in [0, 0.1) is 0 Å². The zero-order chi connectivity index (χ0) is 29.0. The van der Waals surface area contributed by atoms with Crippen molar-refractivity contribution >= 4 is 18.7 Å². The highest BCUT2D eigenvalue weighted by Gasteiger charge is 2.50. The van der Waals surface area contributed by atoms with E-state index in [0.717, 1.165) is 11.1 Å². The van der Waals surface area contributed by atoms with Gasteiger partial charge in [-0.2, -0.15) is 0 Å². The van der Waals surface area contributed by atoms with E-state index in [1.165, 1.54) is 10.4 Å². The first-order valence-electron chi connectivity index (χ1n) is 14.1. The van der Waals surface area contributed by atoms with E-state index in [4.69, 9.17) is 13.9 Å². The second-order valence-corrected chi connectivity index (χ2v) is 15.6. The Morgan fingerprint density at radius 3 is 1.90 bits per heavy atom. The number of aliphatic hydroxyl groups is 1. The minimum atomic E-state index is -2.67. The lowest BCUT2D eigenvalue weighted by atomic mass is 10.0. The van der Waals surface area contributed by atoms with Crippen molar-refractivity contribution in [1.82, 2.24) is 0 Å². The molecule has 0 aliphatic rings. The molecule has 3 rings (SSSR count). The highest BCUT2D eigenvalue weighted by atomic mass is 28.4. The predicted molar refractivity (Wildman–Crippen MR) is 169 cm³/mol. The van der Waals surface area contributed by atoms with E-state index in [-0.39, 0.29) is 17.2 Å². The summed E-state index contributed by atoms with van der Waals surface area (Å²) in [6, 6.07) is 31.5. The lowest BCUT2D eigenvalue weighted by Crippen LogP contribution is -2.66. The third kappa shape index (κ3) is 8.12. The molecule has 4 nitrogen and oxygen atoms in total. The van der Waals surface area contributed by atoms with E-state index in [2.05, 4.69) is 100 Å². The van der Waals surface area contributed by atoms with Crippen LogP contribution >= 0.6 is 0 Å². The van der Waals surface area contributed by atoms with Crippen molar-refractivity contribution in [2.24, 2.45) is 0 Å². The fourth-order valence-corrected chi connectivity index (χ4v) is 9.83. The second-order valence-electron chi connectivity index (χ2n) is 11.3. The quantitative estimate of drug-likeness (QED) is 0.172. The molecule has 3 atom stereocenters. The fraction of sp³-hybridized carbons (Fsp3) is 0.371. The third-order valence-electron chi connectivity index (χ3n) is 7.43. The van der Waals surface area contributed by atoms with Crippen molar-refractivity contribution in [2.75, 3.05) is 13.7 Å². The number of hydrogen-bond donors (Lipinski definition) is 1. The molecule has 5 heteroatoms. The molecule has 0 aliphatic heterocycles. The maximum Gasteiger partial charge on any atom is 0.261 e. The Kier molecular flexibility index (Phi) is 12.1. The van der Waals surface area contributed by atoms with E-state index < -0.39 is 14.4 Å². The summed E-state index contributed by atoms with van der Waals surface area (Å²) in [4.78, 5) is 0. The predicted octanol–water partition coefficient (Wildman–Crippen LogP) is 6.44. The van der Waals surface area contributed by atoms with Gasteiger partial charge in [0.15, 0.2) is 0 Å². The van der Waals surface area contributed by atoms with Gasteiger partial charge in [-0.1, -0.05) is 124 Å². The standard InChI is InChI=1S/C35H46O4Si/c1-7-17-32(36)28(2)26-34(37-6)33(38-27-29-18-11-8-12-19-29)24-25-39-40(35(3,4)5,30-20-13-9-14-21-30)31-22-15-10-16-23-31/h7-16,18-23,26,32-34,36H,1,17,24-25,27H2,2-6H3/b28-26+/t32-,33+,34-/m0/s1. The van der Waals surface area contributed by atoms with Crippen molar-refractivity contribution in [1.29, 1.82) is 0 Å². The van der Waals surface area contributed by atoms with E-state index in [1.807, 2.05) is 31.2 Å². The smallest absolute Gasteiger partial charge is 0.261 e. The van der Waals surface area contributed by atoms with Crippen molar-refractivity contribution in [3.8, 4) is 0 Å². The number of benzene rings is 3. The first-order valence-corrected chi connectivity index (χ1v) is 16.0. The average Bonchev–Trinajstić information content (AvgIpc) is 2.96. The minimum Gasteiger partial charge on any atom is -0.407 e. The SMILES string of the molecule is C=CC[C@H](O)/C(C)=C/[C@H](OC)[C@@H](CCO[Si](c1ccccc1)(c1ccccc1)C(C)(C)C)OCc1ccccc1. The first kappa shape index (κ1) is 31.7. The maximum atomic E-state index is 10.5. The van der Waals surface area contributed by atoms with Crippen LogP contribution in [0.3, 0.4) is 0 Å². The molecule has 0 spiro atoms. The molecular formula is C35H46O4Si. The summed E-state index contributed by atoms with van der Waals surface area (Å²) in [6.45, 7) is 13.5. The van der Waals surface area contributed by atoms with Gasteiger partial charge in [0.1, 0.15) is 6.10 Å². The van der Waals surface area contributed by atoms with Crippen LogP contribution in [0.5, 0.6) is 0 Å². The molecule has 0 saturated carbocycles. The van der Waals surface area contributed by atoms with Crippen LogP contribution in [-0.2, 0) is 20.5 Å². The molecule has 0 unspecified atom stereocenters. The maximum absolute atomic E-state index is 10.5. The molecule has 0 bridgehead atoms. The Morgan fingerprint density at radius 2 is 1.43 bits per heavy atom. The highest BCUT2D eigenvalue weighted by Crippen LogP contribution is 2.37. The van der Waals surface area contributed by atoms with Gasteiger partial charge in [-0.3, -0.25) is 0 Å². The van der Waals surface area contributed by atoms with Gasteiger partial charge in [0.05, 0.1) is 18.8 Å². The number of ether oxygens (including phenoxy) is 2. The van der Waals surface area contributed by atoms with Crippen molar-refractivity contribution in [3.05, 3.63) is 121 Å². The van der Waals surface area contributed by atoms with Gasteiger partial charge in [0.2, 0.25) is 0 Å². The van der Waals surface area contributed by atoms with Crippen LogP contribution in [0.1, 0.15) is 46.1 Å². The average molecular weight is 559 g/mol. The Hall–Kier alpha value is -2.80. The van der Waals surface area contributed by atoms with Gasteiger partial charge in [0.25, 0.3) is 8.32 Å². The zero-order valence-corrected chi connectivity index (χ0v) is 25.8. The summed E-state index contributed by atoms with van der Waals surface area (Å²) in [5.41, 5.74) is 1.94. The summed E-state index contributed by atoms with van der Waals surface area (Å²) in [6.07, 6.45) is 3.62. The van der Waals surface area contributed by atoms with Crippen LogP contribution < -0.4 is 10.4 Å². The molecule has 40 heavy (non-hydrogen) atoms. The van der Waals surface area contributed by atoms with Crippen molar-refractivity contribution in [2.45, 2.75) is 70.5 Å². The molecular weight excluding hydrogens is 512 g/mol. The molecule has 3 aromatic carbocycles. The molecule has 0 heterocycles. The molecule has 0 saturated heterocycles. The van der Waals surface area contributed by atoms with Crippen molar-refractivity contribution < 1.29 is 19.0 Å². The summed E-state index contributed by atoms with van der Waals surface area (Å²) in [5, 5.41) is 12.9. The molecule has 3 aromatic rings. The Bertz CT molecular complexity index is 1130. The van der Waals surface area contributed by atoms with E-state index >= 15 is 0 Å². The van der Waals surface area contributed by atoms with Gasteiger partial charge < -0.3 is 19.0 Å². The van der Waals surface area contributed by atoms with E-state index in [0.29, 0.717) is 26.1 Å². The van der Waals surface area contributed by atoms with Crippen LogP contribution in [0.2, 0.25) is 5.04 Å². The second kappa shape index (κ2) is 15.3. The Balaban J connectivity index is 1.92. The molecule has 0 aliphatic carbocycles. The number of hydrogen-bond acceptors (Lipinski definition) is 4. The van der Waals surface area contributed by atoms with Gasteiger partial charge >= 0.3 is 0 Å².